The Kier molecular flexibility index (Phi) is 5.39. The van der Waals surface area contributed by atoms with E-state index in [0.29, 0.717) is 25.6 Å². The minimum atomic E-state index is -0.279. The van der Waals surface area contributed by atoms with Crippen molar-refractivity contribution in [1.29, 1.82) is 0 Å². The summed E-state index contributed by atoms with van der Waals surface area (Å²) in [5.74, 6) is 0.616. The summed E-state index contributed by atoms with van der Waals surface area (Å²) in [5, 5.41) is 9.83. The zero-order chi connectivity index (χ0) is 20.2. The molecule has 3 aromatic rings. The van der Waals surface area contributed by atoms with Gasteiger partial charge in [0.1, 0.15) is 6.10 Å². The fourth-order valence-electron chi connectivity index (χ4n) is 3.12. The lowest BCUT2D eigenvalue weighted by atomic mass is 10.1. The van der Waals surface area contributed by atoms with E-state index < -0.39 is 0 Å². The predicted molar refractivity (Wildman–Crippen MR) is 110 cm³/mol. The number of benzene rings is 1. The van der Waals surface area contributed by atoms with Gasteiger partial charge in [-0.15, -0.1) is 0 Å². The van der Waals surface area contributed by atoms with E-state index in [1.807, 2.05) is 55.4 Å². The van der Waals surface area contributed by atoms with Crippen LogP contribution in [0.25, 0.3) is 11.3 Å². The summed E-state index contributed by atoms with van der Waals surface area (Å²) in [6.07, 6.45) is 3.14. The Balaban J connectivity index is 1.40. The van der Waals surface area contributed by atoms with Crippen LogP contribution < -0.4 is 10.2 Å². The molecular formula is C20H23N7O2. The van der Waals surface area contributed by atoms with Crippen LogP contribution in [0.5, 0.6) is 0 Å². The van der Waals surface area contributed by atoms with Gasteiger partial charge in [-0.2, -0.15) is 5.10 Å². The lowest BCUT2D eigenvalue weighted by molar-refractivity contribution is -0.0157. The molecule has 1 unspecified atom stereocenters. The van der Waals surface area contributed by atoms with Gasteiger partial charge >= 0.3 is 6.03 Å². The van der Waals surface area contributed by atoms with E-state index in [9.17, 15) is 4.79 Å². The molecule has 150 valence electrons. The first-order valence-electron chi connectivity index (χ1n) is 9.38. The van der Waals surface area contributed by atoms with Crippen LogP contribution in [0, 0.1) is 0 Å². The molecular weight excluding hydrogens is 370 g/mol. The molecule has 1 atom stereocenters. The second-order valence-corrected chi connectivity index (χ2v) is 6.96. The molecule has 0 bridgehead atoms. The number of rotatable bonds is 4. The van der Waals surface area contributed by atoms with Gasteiger partial charge in [-0.25, -0.2) is 14.8 Å². The van der Waals surface area contributed by atoms with E-state index in [1.54, 1.807) is 17.3 Å². The summed E-state index contributed by atoms with van der Waals surface area (Å²) in [4.78, 5) is 25.1. The van der Waals surface area contributed by atoms with Crippen molar-refractivity contribution in [3.8, 4) is 11.3 Å². The summed E-state index contributed by atoms with van der Waals surface area (Å²) in [7, 11) is 3.77. The van der Waals surface area contributed by atoms with E-state index in [-0.39, 0.29) is 12.1 Å². The van der Waals surface area contributed by atoms with Crippen LogP contribution in [0.1, 0.15) is 11.8 Å². The summed E-state index contributed by atoms with van der Waals surface area (Å²) in [5.41, 5.74) is 3.44. The lowest BCUT2D eigenvalue weighted by Crippen LogP contribution is -2.44. The third-order valence-corrected chi connectivity index (χ3v) is 4.70. The molecule has 0 aliphatic carbocycles. The zero-order valence-corrected chi connectivity index (χ0v) is 16.4. The molecule has 0 saturated carbocycles. The van der Waals surface area contributed by atoms with E-state index in [2.05, 4.69) is 25.5 Å². The number of hydrogen-bond acceptors (Lipinski definition) is 6. The van der Waals surface area contributed by atoms with Gasteiger partial charge in [-0.05, 0) is 29.8 Å². The van der Waals surface area contributed by atoms with E-state index in [1.165, 1.54) is 0 Å². The number of carbonyl (C=O) groups excluding carboxylic acids is 1. The summed E-state index contributed by atoms with van der Waals surface area (Å²) < 4.78 is 5.85. The molecule has 9 heteroatoms. The van der Waals surface area contributed by atoms with Crippen molar-refractivity contribution in [2.75, 3.05) is 44.0 Å². The van der Waals surface area contributed by atoms with E-state index in [0.717, 1.165) is 22.6 Å². The average Bonchev–Trinajstić information content (AvgIpc) is 3.29. The minimum absolute atomic E-state index is 0.158. The molecule has 9 nitrogen and oxygen atoms in total. The number of aromatic nitrogens is 4. The van der Waals surface area contributed by atoms with Crippen LogP contribution in [0.2, 0.25) is 0 Å². The van der Waals surface area contributed by atoms with Gasteiger partial charge in [-0.1, -0.05) is 12.1 Å². The quantitative estimate of drug-likeness (QED) is 0.707. The highest BCUT2D eigenvalue weighted by molar-refractivity contribution is 5.89. The number of amides is 2. The van der Waals surface area contributed by atoms with Gasteiger partial charge in [0, 0.05) is 38.7 Å². The lowest BCUT2D eigenvalue weighted by Gasteiger charge is -2.32. The SMILES string of the molecule is CN(C)c1nccc(C2CN(C(=O)Nc3ccc(-c4ccn[nH]4)cc3)CCO2)n1. The van der Waals surface area contributed by atoms with Crippen molar-refractivity contribution in [2.45, 2.75) is 6.10 Å². The van der Waals surface area contributed by atoms with Crippen LogP contribution in [-0.2, 0) is 4.74 Å². The molecule has 2 amide bonds. The molecule has 1 aliphatic rings. The third-order valence-electron chi connectivity index (χ3n) is 4.70. The second kappa shape index (κ2) is 8.27. The Morgan fingerprint density at radius 2 is 2.03 bits per heavy atom. The number of morpholine rings is 1. The second-order valence-electron chi connectivity index (χ2n) is 6.96. The third kappa shape index (κ3) is 4.35. The molecule has 1 saturated heterocycles. The van der Waals surface area contributed by atoms with Crippen molar-refractivity contribution >= 4 is 17.7 Å². The number of ether oxygens (including phenoxy) is 1. The Hall–Kier alpha value is -3.46. The van der Waals surface area contributed by atoms with Crippen molar-refractivity contribution in [1.82, 2.24) is 25.1 Å². The maximum absolute atomic E-state index is 12.7. The first kappa shape index (κ1) is 18.9. The van der Waals surface area contributed by atoms with Crippen molar-refractivity contribution in [3.63, 3.8) is 0 Å². The maximum Gasteiger partial charge on any atom is 0.322 e. The smallest absolute Gasteiger partial charge is 0.322 e. The number of nitrogens with zero attached hydrogens (tertiary/aromatic N) is 5. The number of anilines is 2. The highest BCUT2D eigenvalue weighted by Gasteiger charge is 2.26. The zero-order valence-electron chi connectivity index (χ0n) is 16.4. The molecule has 0 spiro atoms. The van der Waals surface area contributed by atoms with E-state index >= 15 is 0 Å². The Morgan fingerprint density at radius 1 is 1.21 bits per heavy atom. The first-order chi connectivity index (χ1) is 14.1. The molecule has 0 radical (unpaired) electrons. The van der Waals surface area contributed by atoms with Gasteiger partial charge in [0.25, 0.3) is 0 Å². The molecule has 2 aromatic heterocycles. The summed E-state index contributed by atoms with van der Waals surface area (Å²) in [6.45, 7) is 1.42. The first-order valence-corrected chi connectivity index (χ1v) is 9.38. The number of urea groups is 1. The largest absolute Gasteiger partial charge is 0.368 e. The normalized spacial score (nSPS) is 16.5. The fraction of sp³-hybridized carbons (Fsp3) is 0.300. The van der Waals surface area contributed by atoms with Gasteiger partial charge in [0.15, 0.2) is 0 Å². The Bertz CT molecular complexity index is 957. The monoisotopic (exact) mass is 393 g/mol. The van der Waals surface area contributed by atoms with E-state index in [4.69, 9.17) is 4.74 Å². The molecule has 3 heterocycles. The van der Waals surface area contributed by atoms with Crippen LogP contribution in [0.15, 0.2) is 48.8 Å². The maximum atomic E-state index is 12.7. The van der Waals surface area contributed by atoms with Crippen LogP contribution in [-0.4, -0.2) is 64.9 Å². The van der Waals surface area contributed by atoms with Crippen LogP contribution in [0.4, 0.5) is 16.4 Å². The Labute approximate surface area is 168 Å². The Morgan fingerprint density at radius 3 is 2.76 bits per heavy atom. The predicted octanol–water partition coefficient (Wildman–Crippen LogP) is 2.54. The minimum Gasteiger partial charge on any atom is -0.368 e. The van der Waals surface area contributed by atoms with Crippen LogP contribution in [0.3, 0.4) is 0 Å². The van der Waals surface area contributed by atoms with Gasteiger partial charge in [0.05, 0.1) is 24.5 Å². The number of H-pyrrole nitrogens is 1. The molecule has 1 aliphatic heterocycles. The number of hydrogen-bond donors (Lipinski definition) is 2. The van der Waals surface area contributed by atoms with Crippen LogP contribution >= 0.6 is 0 Å². The topological polar surface area (TPSA) is 99.3 Å². The van der Waals surface area contributed by atoms with Gasteiger partial charge in [0.2, 0.25) is 5.95 Å². The molecule has 4 rings (SSSR count). The molecule has 1 fully saturated rings. The van der Waals surface area contributed by atoms with Crippen molar-refractivity contribution in [2.24, 2.45) is 0 Å². The highest BCUT2D eigenvalue weighted by Crippen LogP contribution is 2.23. The summed E-state index contributed by atoms with van der Waals surface area (Å²) >= 11 is 0. The molecule has 29 heavy (non-hydrogen) atoms. The molecule has 2 N–H and O–H groups in total. The number of carbonyl (C=O) groups is 1. The fourth-order valence-corrected chi connectivity index (χ4v) is 3.12. The molecule has 1 aromatic carbocycles. The average molecular weight is 393 g/mol. The highest BCUT2D eigenvalue weighted by atomic mass is 16.5. The van der Waals surface area contributed by atoms with Gasteiger partial charge < -0.3 is 19.9 Å². The number of aromatic amines is 1. The number of nitrogens with one attached hydrogen (secondary N) is 2. The standard InChI is InChI=1S/C20H23N7O2/c1-26(2)19-21-9-7-17(24-19)18-13-27(11-12-29-18)20(28)23-15-5-3-14(4-6-15)16-8-10-22-25-16/h3-10,18H,11-13H2,1-2H3,(H,22,25)(H,23,28). The van der Waals surface area contributed by atoms with Gasteiger partial charge in [-0.3, -0.25) is 5.10 Å². The van der Waals surface area contributed by atoms with Crippen molar-refractivity contribution < 1.29 is 9.53 Å². The van der Waals surface area contributed by atoms with Crippen molar-refractivity contribution in [3.05, 3.63) is 54.5 Å². The summed E-state index contributed by atoms with van der Waals surface area (Å²) in [6, 6.07) is 11.2.